The highest BCUT2D eigenvalue weighted by Crippen LogP contribution is 2.36. The molecule has 0 N–H and O–H groups in total. The van der Waals surface area contributed by atoms with Gasteiger partial charge in [-0.3, -0.25) is 9.36 Å². The molecule has 7 heteroatoms. The molecule has 0 saturated heterocycles. The molecule has 2 aromatic carbocycles. The third kappa shape index (κ3) is 2.26. The number of nitrogens with zero attached hydrogens (tertiary/aromatic N) is 4. The van der Waals surface area contributed by atoms with Crippen molar-refractivity contribution in [1.82, 2.24) is 9.55 Å². The molecule has 3 aromatic rings. The van der Waals surface area contributed by atoms with Gasteiger partial charge < -0.3 is 0 Å². The first kappa shape index (κ1) is 13.7. The van der Waals surface area contributed by atoms with Gasteiger partial charge in [-0.25, -0.2) is 4.98 Å². The maximum Gasteiger partial charge on any atom is 0.270 e. The third-order valence-corrected chi connectivity index (χ3v) is 4.82. The van der Waals surface area contributed by atoms with Gasteiger partial charge in [0.1, 0.15) is 0 Å². The molecule has 2 heterocycles. The van der Waals surface area contributed by atoms with Crippen LogP contribution in [0.5, 0.6) is 0 Å². The fourth-order valence-corrected chi connectivity index (χ4v) is 3.47. The first-order valence-electron chi connectivity index (χ1n) is 6.57. The molecule has 5 nitrogen and oxygen atoms in total. The Morgan fingerprint density at radius 3 is 2.73 bits per heavy atom. The lowest BCUT2D eigenvalue weighted by atomic mass is 10.3. The highest BCUT2D eigenvalue weighted by Gasteiger charge is 2.34. The van der Waals surface area contributed by atoms with Gasteiger partial charge in [-0.05, 0) is 48.2 Å². The van der Waals surface area contributed by atoms with Gasteiger partial charge in [0, 0.05) is 4.47 Å². The van der Waals surface area contributed by atoms with E-state index in [4.69, 9.17) is 0 Å². The van der Waals surface area contributed by atoms with Crippen LogP contribution in [-0.4, -0.2) is 20.8 Å². The summed E-state index contributed by atoms with van der Waals surface area (Å²) >= 11 is 4.69. The molecule has 0 aliphatic carbocycles. The highest BCUT2D eigenvalue weighted by atomic mass is 79.9. The number of thioether (sulfide) groups is 1. The summed E-state index contributed by atoms with van der Waals surface area (Å²) in [6.07, 6.45) is 0. The minimum Gasteiger partial charge on any atom is -0.270 e. The second-order valence-electron chi connectivity index (χ2n) is 4.72. The standard InChI is InChI=1S/C15H9BrN4OS/c16-9-5-7-10(8-6-9)18-19-13-14(21)20-12-4-2-1-3-11(12)17-15(20)22-13/h1-8,13H. The second kappa shape index (κ2) is 5.33. The fourth-order valence-electron chi connectivity index (χ4n) is 2.26. The van der Waals surface area contributed by atoms with Gasteiger partial charge in [0.05, 0.1) is 16.7 Å². The van der Waals surface area contributed by atoms with Crippen molar-refractivity contribution in [1.29, 1.82) is 0 Å². The van der Waals surface area contributed by atoms with Crippen molar-refractivity contribution in [3.05, 3.63) is 53.0 Å². The molecule has 0 spiro atoms. The molecule has 0 radical (unpaired) electrons. The normalized spacial score (nSPS) is 17.5. The summed E-state index contributed by atoms with van der Waals surface area (Å²) in [5.74, 6) is -0.102. The van der Waals surface area contributed by atoms with E-state index >= 15 is 0 Å². The van der Waals surface area contributed by atoms with Gasteiger partial charge in [-0.15, -0.1) is 0 Å². The van der Waals surface area contributed by atoms with Gasteiger partial charge >= 0.3 is 0 Å². The second-order valence-corrected chi connectivity index (χ2v) is 6.68. The molecule has 1 aliphatic rings. The average Bonchev–Trinajstić information content (AvgIpc) is 3.04. The van der Waals surface area contributed by atoms with Crippen LogP contribution in [0.25, 0.3) is 11.0 Å². The van der Waals surface area contributed by atoms with E-state index in [1.54, 1.807) is 4.57 Å². The van der Waals surface area contributed by atoms with E-state index in [-0.39, 0.29) is 5.91 Å². The summed E-state index contributed by atoms with van der Waals surface area (Å²) < 4.78 is 2.59. The van der Waals surface area contributed by atoms with E-state index in [1.807, 2.05) is 48.5 Å². The number of imidazole rings is 1. The van der Waals surface area contributed by atoms with Gasteiger partial charge in [0.25, 0.3) is 5.91 Å². The Morgan fingerprint density at radius 1 is 1.14 bits per heavy atom. The number of benzene rings is 2. The van der Waals surface area contributed by atoms with Gasteiger partial charge in [-0.1, -0.05) is 28.1 Å². The number of hydrogen-bond donors (Lipinski definition) is 0. The number of para-hydroxylation sites is 2. The van der Waals surface area contributed by atoms with Crippen LogP contribution in [0.3, 0.4) is 0 Å². The summed E-state index contributed by atoms with van der Waals surface area (Å²) in [5, 5.41) is 8.40. The zero-order valence-corrected chi connectivity index (χ0v) is 13.6. The van der Waals surface area contributed by atoms with Crippen molar-refractivity contribution in [3.8, 4) is 0 Å². The molecule has 22 heavy (non-hydrogen) atoms. The number of aromatic nitrogens is 2. The quantitative estimate of drug-likeness (QED) is 0.614. The largest absolute Gasteiger partial charge is 0.270 e. The zero-order valence-electron chi connectivity index (χ0n) is 11.2. The smallest absolute Gasteiger partial charge is 0.270 e. The van der Waals surface area contributed by atoms with Crippen molar-refractivity contribution in [2.75, 3.05) is 0 Å². The van der Waals surface area contributed by atoms with E-state index in [0.29, 0.717) is 10.8 Å². The van der Waals surface area contributed by atoms with Crippen LogP contribution in [0, 0.1) is 0 Å². The van der Waals surface area contributed by atoms with Crippen molar-refractivity contribution >= 4 is 50.3 Å². The zero-order chi connectivity index (χ0) is 15.1. The summed E-state index contributed by atoms with van der Waals surface area (Å²) in [4.78, 5) is 16.9. The van der Waals surface area contributed by atoms with E-state index in [0.717, 1.165) is 15.5 Å². The fraction of sp³-hybridized carbons (Fsp3) is 0.0667. The summed E-state index contributed by atoms with van der Waals surface area (Å²) in [6, 6.07) is 15.0. The molecule has 1 atom stereocenters. The van der Waals surface area contributed by atoms with Crippen LogP contribution >= 0.6 is 27.7 Å². The van der Waals surface area contributed by atoms with Crippen LogP contribution in [0.4, 0.5) is 5.69 Å². The molecule has 4 rings (SSSR count). The van der Waals surface area contributed by atoms with Crippen LogP contribution in [-0.2, 0) is 0 Å². The molecule has 0 fully saturated rings. The maximum atomic E-state index is 12.5. The molecule has 1 unspecified atom stereocenters. The number of azo groups is 1. The van der Waals surface area contributed by atoms with Crippen molar-refractivity contribution in [3.63, 3.8) is 0 Å². The topological polar surface area (TPSA) is 59.6 Å². The SMILES string of the molecule is O=C1C(N=Nc2ccc(Br)cc2)Sc2nc3ccccc3n21. The average molecular weight is 373 g/mol. The molecule has 1 aromatic heterocycles. The van der Waals surface area contributed by atoms with Crippen molar-refractivity contribution < 1.29 is 4.79 Å². The summed E-state index contributed by atoms with van der Waals surface area (Å²) in [7, 11) is 0. The molecule has 108 valence electrons. The summed E-state index contributed by atoms with van der Waals surface area (Å²) in [6.45, 7) is 0. The lowest BCUT2D eigenvalue weighted by molar-refractivity contribution is 0.0915. The number of fused-ring (bicyclic) bond motifs is 3. The molecular formula is C15H9BrN4OS. The number of rotatable bonds is 2. The van der Waals surface area contributed by atoms with Crippen LogP contribution in [0.15, 0.2) is 68.4 Å². The van der Waals surface area contributed by atoms with Crippen molar-refractivity contribution in [2.45, 2.75) is 10.5 Å². The maximum absolute atomic E-state index is 12.5. The van der Waals surface area contributed by atoms with E-state index in [2.05, 4.69) is 31.1 Å². The Kier molecular flexibility index (Phi) is 3.31. The molecule has 1 aliphatic heterocycles. The monoisotopic (exact) mass is 372 g/mol. The van der Waals surface area contributed by atoms with Crippen LogP contribution < -0.4 is 0 Å². The first-order valence-corrected chi connectivity index (χ1v) is 8.24. The van der Waals surface area contributed by atoms with Crippen LogP contribution in [0.1, 0.15) is 4.79 Å². The van der Waals surface area contributed by atoms with Crippen LogP contribution in [0.2, 0.25) is 0 Å². The minimum absolute atomic E-state index is 0.102. The molecule has 0 saturated carbocycles. The Morgan fingerprint density at radius 2 is 1.91 bits per heavy atom. The third-order valence-electron chi connectivity index (χ3n) is 3.28. The molecule has 0 bridgehead atoms. The number of carbonyl (C=O) groups excluding carboxylic acids is 1. The lowest BCUT2D eigenvalue weighted by Crippen LogP contribution is -2.14. The predicted molar refractivity (Wildman–Crippen MR) is 88.7 cm³/mol. The predicted octanol–water partition coefficient (Wildman–Crippen LogP) is 4.65. The Labute approximate surface area is 138 Å². The van der Waals surface area contributed by atoms with E-state index < -0.39 is 5.37 Å². The lowest BCUT2D eigenvalue weighted by Gasteiger charge is -2.00. The van der Waals surface area contributed by atoms with E-state index in [9.17, 15) is 4.79 Å². The van der Waals surface area contributed by atoms with E-state index in [1.165, 1.54) is 11.8 Å². The molecule has 0 amide bonds. The first-order chi connectivity index (χ1) is 10.7. The number of hydrogen-bond acceptors (Lipinski definition) is 5. The van der Waals surface area contributed by atoms with Crippen molar-refractivity contribution in [2.24, 2.45) is 10.2 Å². The Bertz CT molecular complexity index is 904. The number of halogens is 1. The number of carbonyl (C=O) groups is 1. The molecular weight excluding hydrogens is 364 g/mol. The Hall–Kier alpha value is -1.99. The minimum atomic E-state index is -0.573. The van der Waals surface area contributed by atoms with Gasteiger partial charge in [0.15, 0.2) is 5.16 Å². The highest BCUT2D eigenvalue weighted by molar-refractivity contribution is 9.10. The Balaban J connectivity index is 1.63. The van der Waals surface area contributed by atoms with Gasteiger partial charge in [0.2, 0.25) is 5.37 Å². The summed E-state index contributed by atoms with van der Waals surface area (Å²) in [5.41, 5.74) is 2.35. The van der Waals surface area contributed by atoms with Gasteiger partial charge in [-0.2, -0.15) is 10.2 Å².